The van der Waals surface area contributed by atoms with E-state index in [1.807, 2.05) is 0 Å². The number of esters is 5. The third-order valence-electron chi connectivity index (χ3n) is 5.43. The van der Waals surface area contributed by atoms with Gasteiger partial charge in [0.25, 0.3) is 0 Å². The second kappa shape index (κ2) is 8.07. The Morgan fingerprint density at radius 1 is 0.686 bits per heavy atom. The maximum atomic E-state index is 12.6. The Morgan fingerprint density at radius 3 is 1.94 bits per heavy atom. The zero-order chi connectivity index (χ0) is 24.9. The summed E-state index contributed by atoms with van der Waals surface area (Å²) in [4.78, 5) is 60.1. The summed E-state index contributed by atoms with van der Waals surface area (Å²) in [6.45, 7) is 5.31. The first-order valence-electron chi connectivity index (χ1n) is 10.2. The van der Waals surface area contributed by atoms with Crippen LogP contribution in [0.4, 0.5) is 0 Å². The number of hydrogen-bond donors (Lipinski definition) is 0. The first kappa shape index (κ1) is 21.8. The Hall–Kier alpha value is -5.05. The molecule has 5 rings (SSSR count). The molecule has 9 nitrogen and oxygen atoms in total. The van der Waals surface area contributed by atoms with Crippen LogP contribution in [0.5, 0.6) is 11.5 Å². The quantitative estimate of drug-likeness (QED) is 0.317. The number of hydrogen-bond acceptors (Lipinski definition) is 9. The molecule has 0 saturated carbocycles. The predicted octanol–water partition coefficient (Wildman–Crippen LogP) is 3.89. The molecule has 3 aromatic carbocycles. The molecule has 0 N–H and O–H groups in total. The number of cyclic esters (lactones) is 3. The summed E-state index contributed by atoms with van der Waals surface area (Å²) in [5.41, 5.74) is 1.59. The molecule has 0 aliphatic carbocycles. The average Bonchev–Trinajstić information content (AvgIpc) is 3.28. The van der Waals surface area contributed by atoms with Gasteiger partial charge in [-0.2, -0.15) is 0 Å². The molecule has 35 heavy (non-hydrogen) atoms. The summed E-state index contributed by atoms with van der Waals surface area (Å²) < 4.78 is 20.3. The smallest absolute Gasteiger partial charge is 0.346 e. The molecule has 2 aliphatic heterocycles. The molecule has 2 aliphatic rings. The molecule has 0 unspecified atom stereocenters. The topological polar surface area (TPSA) is 122 Å². The molecule has 0 bridgehead atoms. The molecular formula is C26H14O9. The lowest BCUT2D eigenvalue weighted by molar-refractivity contribution is 0.0442. The molecule has 9 heteroatoms. The van der Waals surface area contributed by atoms with E-state index in [0.29, 0.717) is 16.7 Å². The SMILES string of the molecule is C=C1OC(=O)c2ccc(C(=O)Oc3ccc(OC(=O)c4ccc5c(c4)C(=O)OC5=O)cc3C)cc21. The lowest BCUT2D eigenvalue weighted by Gasteiger charge is -2.10. The van der Waals surface area contributed by atoms with E-state index in [4.69, 9.17) is 14.2 Å². The summed E-state index contributed by atoms with van der Waals surface area (Å²) in [5.74, 6) is -2.96. The molecule has 0 spiro atoms. The number of benzene rings is 3. The molecule has 172 valence electrons. The highest BCUT2D eigenvalue weighted by Crippen LogP contribution is 2.30. The highest BCUT2D eigenvalue weighted by atomic mass is 16.6. The second-order valence-corrected chi connectivity index (χ2v) is 7.72. The van der Waals surface area contributed by atoms with Crippen LogP contribution in [0.15, 0.2) is 61.2 Å². The van der Waals surface area contributed by atoms with Gasteiger partial charge in [0, 0.05) is 5.56 Å². The third kappa shape index (κ3) is 3.84. The van der Waals surface area contributed by atoms with Crippen molar-refractivity contribution in [1.29, 1.82) is 0 Å². The van der Waals surface area contributed by atoms with Gasteiger partial charge >= 0.3 is 29.8 Å². The van der Waals surface area contributed by atoms with Crippen molar-refractivity contribution in [3.05, 3.63) is 100 Å². The Bertz CT molecular complexity index is 1510. The van der Waals surface area contributed by atoms with Gasteiger partial charge in [-0.1, -0.05) is 6.58 Å². The molecule has 2 heterocycles. The zero-order valence-electron chi connectivity index (χ0n) is 18.1. The van der Waals surface area contributed by atoms with Gasteiger partial charge in [0.05, 0.1) is 27.8 Å². The van der Waals surface area contributed by atoms with E-state index in [2.05, 4.69) is 11.3 Å². The Labute approximate surface area is 197 Å². The van der Waals surface area contributed by atoms with Crippen molar-refractivity contribution in [2.45, 2.75) is 6.92 Å². The number of rotatable bonds is 4. The Balaban J connectivity index is 1.30. The molecular weight excluding hydrogens is 456 g/mol. The summed E-state index contributed by atoms with van der Waals surface area (Å²) in [6, 6.07) is 12.7. The standard InChI is InChI=1S/C26H14O9/c1-12-9-16(33-22(27)15-4-7-18-20(11-15)26(31)35-25(18)30)5-8-21(12)34-23(28)14-3-6-17-19(10-14)13(2)32-24(17)29/h3-11H,2H2,1H3. The van der Waals surface area contributed by atoms with Gasteiger partial charge in [-0.05, 0) is 67.1 Å². The summed E-state index contributed by atoms with van der Waals surface area (Å²) in [6.07, 6.45) is 0. The molecule has 3 aromatic rings. The van der Waals surface area contributed by atoms with Gasteiger partial charge in [0.2, 0.25) is 0 Å². The summed E-state index contributed by atoms with van der Waals surface area (Å²) in [5, 5.41) is 0. The minimum absolute atomic E-state index is 0.00560. The van der Waals surface area contributed by atoms with Crippen molar-refractivity contribution in [3.8, 4) is 11.5 Å². The maximum Gasteiger partial charge on any atom is 0.346 e. The summed E-state index contributed by atoms with van der Waals surface area (Å²) >= 11 is 0. The van der Waals surface area contributed by atoms with Crippen molar-refractivity contribution in [3.63, 3.8) is 0 Å². The van der Waals surface area contributed by atoms with Crippen LogP contribution in [-0.2, 0) is 9.47 Å². The Kier molecular flexibility index (Phi) is 5.02. The second-order valence-electron chi connectivity index (χ2n) is 7.72. The first-order valence-corrected chi connectivity index (χ1v) is 10.2. The number of carbonyl (C=O) groups excluding carboxylic acids is 5. The molecule has 0 atom stereocenters. The third-order valence-corrected chi connectivity index (χ3v) is 5.43. The van der Waals surface area contributed by atoms with Crippen LogP contribution >= 0.6 is 0 Å². The van der Waals surface area contributed by atoms with Gasteiger partial charge in [-0.3, -0.25) is 0 Å². The highest BCUT2D eigenvalue weighted by molar-refractivity contribution is 6.15. The maximum absolute atomic E-state index is 12.6. The van der Waals surface area contributed by atoms with Gasteiger partial charge in [0.15, 0.2) is 0 Å². The van der Waals surface area contributed by atoms with Crippen LogP contribution in [-0.4, -0.2) is 29.8 Å². The fourth-order valence-corrected chi connectivity index (χ4v) is 3.64. The van der Waals surface area contributed by atoms with Gasteiger partial charge in [-0.25, -0.2) is 24.0 Å². The van der Waals surface area contributed by atoms with E-state index in [0.717, 1.165) is 0 Å². The van der Waals surface area contributed by atoms with E-state index < -0.39 is 29.8 Å². The fourth-order valence-electron chi connectivity index (χ4n) is 3.64. The Morgan fingerprint density at radius 2 is 1.26 bits per heavy atom. The monoisotopic (exact) mass is 470 g/mol. The van der Waals surface area contributed by atoms with Crippen LogP contribution in [0.3, 0.4) is 0 Å². The number of ether oxygens (including phenoxy) is 4. The van der Waals surface area contributed by atoms with Gasteiger partial charge in [-0.15, -0.1) is 0 Å². The number of aryl methyl sites for hydroxylation is 1. The van der Waals surface area contributed by atoms with Crippen LogP contribution in [0.2, 0.25) is 0 Å². The van der Waals surface area contributed by atoms with Crippen LogP contribution in [0.1, 0.15) is 62.9 Å². The van der Waals surface area contributed by atoms with Crippen molar-refractivity contribution < 1.29 is 42.9 Å². The minimum Gasteiger partial charge on any atom is -0.423 e. The predicted molar refractivity (Wildman–Crippen MR) is 118 cm³/mol. The minimum atomic E-state index is -0.825. The van der Waals surface area contributed by atoms with Gasteiger partial charge < -0.3 is 18.9 Å². The van der Waals surface area contributed by atoms with Crippen molar-refractivity contribution in [2.24, 2.45) is 0 Å². The molecule has 0 amide bonds. The lowest BCUT2D eigenvalue weighted by atomic mass is 10.0. The number of fused-ring (bicyclic) bond motifs is 2. The van der Waals surface area contributed by atoms with E-state index in [9.17, 15) is 24.0 Å². The van der Waals surface area contributed by atoms with Crippen LogP contribution in [0, 0.1) is 6.92 Å². The average molecular weight is 470 g/mol. The van der Waals surface area contributed by atoms with Crippen LogP contribution in [0.25, 0.3) is 5.76 Å². The molecule has 0 saturated heterocycles. The van der Waals surface area contributed by atoms with Crippen molar-refractivity contribution in [1.82, 2.24) is 0 Å². The van der Waals surface area contributed by atoms with E-state index in [-0.39, 0.29) is 39.5 Å². The van der Waals surface area contributed by atoms with E-state index >= 15 is 0 Å². The zero-order valence-corrected chi connectivity index (χ0v) is 18.1. The van der Waals surface area contributed by atoms with E-state index in [1.54, 1.807) is 6.92 Å². The molecule has 0 aromatic heterocycles. The number of carbonyl (C=O) groups is 5. The van der Waals surface area contributed by atoms with Gasteiger partial charge in [0.1, 0.15) is 17.3 Å². The fraction of sp³-hybridized carbons (Fsp3) is 0.0385. The van der Waals surface area contributed by atoms with Crippen molar-refractivity contribution >= 4 is 35.6 Å². The normalized spacial score (nSPS) is 13.6. The molecule has 0 fully saturated rings. The summed E-state index contributed by atoms with van der Waals surface area (Å²) in [7, 11) is 0. The van der Waals surface area contributed by atoms with E-state index in [1.165, 1.54) is 54.6 Å². The van der Waals surface area contributed by atoms with Crippen molar-refractivity contribution in [2.75, 3.05) is 0 Å². The lowest BCUT2D eigenvalue weighted by Crippen LogP contribution is -2.11. The highest BCUT2D eigenvalue weighted by Gasteiger charge is 2.31. The molecule has 0 radical (unpaired) electrons. The largest absolute Gasteiger partial charge is 0.423 e. The first-order chi connectivity index (χ1) is 16.7. The van der Waals surface area contributed by atoms with Crippen LogP contribution < -0.4 is 9.47 Å².